The number of benzene rings is 2. The lowest BCUT2D eigenvalue weighted by Crippen LogP contribution is -2.59. The molecule has 15 nitrogen and oxygen atoms in total. The lowest BCUT2D eigenvalue weighted by atomic mass is 9.92. The zero-order valence-corrected chi connectivity index (χ0v) is 32.6. The van der Waals surface area contributed by atoms with E-state index in [0.717, 1.165) is 12.0 Å². The molecule has 300 valence electrons. The van der Waals surface area contributed by atoms with Gasteiger partial charge in [-0.25, -0.2) is 9.55 Å². The molecule has 2 fully saturated rings. The van der Waals surface area contributed by atoms with Crippen molar-refractivity contribution in [1.29, 1.82) is 0 Å². The molecule has 2 aliphatic heterocycles. The van der Waals surface area contributed by atoms with Crippen LogP contribution in [0.3, 0.4) is 0 Å². The van der Waals surface area contributed by atoms with E-state index in [1.54, 1.807) is 47.6 Å². The molecule has 2 aromatic carbocycles. The second kappa shape index (κ2) is 20.2. The number of Topliss-reactive ketones (excluding diaryl/α,β-unsaturated/α-hetero) is 1. The van der Waals surface area contributed by atoms with Gasteiger partial charge in [0, 0.05) is 43.2 Å². The number of carbonyl (C=O) groups is 5. The molecule has 0 saturated carbocycles. The number of aromatic amines is 1. The lowest BCUT2D eigenvalue weighted by molar-refractivity contribution is -0.145. The van der Waals surface area contributed by atoms with Gasteiger partial charge in [0.15, 0.2) is 0 Å². The summed E-state index contributed by atoms with van der Waals surface area (Å²) in [5, 5.41) is 8.74. The molecule has 57 heavy (non-hydrogen) atoms. The molecular formula is C41H47N6O9P. The van der Waals surface area contributed by atoms with Crippen LogP contribution in [0.5, 0.6) is 5.75 Å². The normalized spacial score (nSPS) is 18.9. The van der Waals surface area contributed by atoms with Gasteiger partial charge in [0.25, 0.3) is 0 Å². The van der Waals surface area contributed by atoms with Crippen molar-refractivity contribution < 1.29 is 42.3 Å². The Bertz CT molecular complexity index is 1970. The summed E-state index contributed by atoms with van der Waals surface area (Å²) in [5.74, 6) is -2.37. The van der Waals surface area contributed by atoms with Crippen molar-refractivity contribution in [2.45, 2.75) is 95.4 Å². The fraction of sp³-hybridized carbons (Fsp3) is 0.415. The zero-order valence-electron chi connectivity index (χ0n) is 31.7. The summed E-state index contributed by atoms with van der Waals surface area (Å²) in [6.07, 6.45) is 20.1. The fourth-order valence-corrected chi connectivity index (χ4v) is 7.98. The standard InChI is InChI=1S/C41H47N6O9P/c1-4-55-57(53,56-5-2)27-54-34-18-15-29(16-19-34)22-31(21-28(3)48)38(49)45-35-14-10-9-13-33-17-20-37(47(33)41(35)52)40(51)46-36(23-32-25-42-26-44-32)39(50)43-24-30-11-7-6-8-12-30/h1-2,6-8,11-12,15-16,18-19,25-26,31,33,35-37H,9-10,13-14,17,20-24,27H2,3H3,(H,42,44)(H,43,50)(H,45,49)(H,46,51)/t31-,33?,35-,36-,37-/m0/s1. The first-order chi connectivity index (χ1) is 27.5. The highest BCUT2D eigenvalue weighted by molar-refractivity contribution is 7.53. The number of carbonyl (C=O) groups excluding carboxylic acids is 5. The van der Waals surface area contributed by atoms with Crippen molar-refractivity contribution >= 4 is 37.0 Å². The summed E-state index contributed by atoms with van der Waals surface area (Å²) in [6.45, 7) is 1.67. The number of nitrogens with zero attached hydrogens (tertiary/aromatic N) is 2. The molecule has 4 N–H and O–H groups in total. The molecule has 1 aromatic heterocycles. The van der Waals surface area contributed by atoms with E-state index in [4.69, 9.17) is 17.6 Å². The van der Waals surface area contributed by atoms with Crippen molar-refractivity contribution in [3.8, 4) is 30.8 Å². The maximum Gasteiger partial charge on any atom is 0.484 e. The molecule has 0 radical (unpaired) electrons. The number of terminal acetylenes is 2. The van der Waals surface area contributed by atoms with Crippen LogP contribution in [0.4, 0.5) is 0 Å². The van der Waals surface area contributed by atoms with E-state index in [0.29, 0.717) is 49.1 Å². The molecule has 16 heteroatoms. The minimum Gasteiger partial charge on any atom is -0.478 e. The van der Waals surface area contributed by atoms with Gasteiger partial charge in [0.05, 0.1) is 6.33 Å². The van der Waals surface area contributed by atoms with Crippen molar-refractivity contribution in [3.05, 3.63) is 83.9 Å². The van der Waals surface area contributed by atoms with E-state index in [1.807, 2.05) is 30.3 Å². The van der Waals surface area contributed by atoms with Gasteiger partial charge in [-0.1, -0.05) is 68.2 Å². The summed E-state index contributed by atoms with van der Waals surface area (Å²) in [5.41, 5.74) is 2.26. The lowest BCUT2D eigenvalue weighted by Gasteiger charge is -2.36. The third-order valence-electron chi connectivity index (χ3n) is 9.96. The number of hydrogen-bond acceptors (Lipinski definition) is 10. The summed E-state index contributed by atoms with van der Waals surface area (Å²) in [6, 6.07) is 13.0. The van der Waals surface area contributed by atoms with Crippen molar-refractivity contribution in [3.63, 3.8) is 0 Å². The van der Waals surface area contributed by atoms with Crippen LogP contribution in [0.2, 0.25) is 0 Å². The largest absolute Gasteiger partial charge is 0.484 e. The third-order valence-corrected chi connectivity index (χ3v) is 11.2. The topological polar surface area (TPSA) is 198 Å². The smallest absolute Gasteiger partial charge is 0.478 e. The van der Waals surface area contributed by atoms with Crippen LogP contribution < -0.4 is 20.7 Å². The molecule has 2 aliphatic rings. The SMILES string of the molecule is C#COP(=O)(COc1ccc(C[C@H](CC(C)=O)C(=O)N[C@H]2CCCCC3CC[C@@H](C(=O)N[C@@H](Cc4cnc[nH]4)C(=O)NCc4ccccc4)N3C2=O)cc1)OC#C. The van der Waals surface area contributed by atoms with E-state index in [1.165, 1.54) is 13.3 Å². The molecule has 0 spiro atoms. The van der Waals surface area contributed by atoms with Crippen LogP contribution in [0.15, 0.2) is 67.1 Å². The Balaban J connectivity index is 1.25. The number of amides is 4. The summed E-state index contributed by atoms with van der Waals surface area (Å²) in [7, 11) is -3.88. The predicted octanol–water partition coefficient (Wildman–Crippen LogP) is 3.75. The van der Waals surface area contributed by atoms with Crippen LogP contribution in [0.25, 0.3) is 0 Å². The molecule has 5 rings (SSSR count). The maximum atomic E-state index is 14.3. The Morgan fingerprint density at radius 3 is 2.33 bits per heavy atom. The molecular weight excluding hydrogens is 751 g/mol. The monoisotopic (exact) mass is 798 g/mol. The van der Waals surface area contributed by atoms with Crippen molar-refractivity contribution in [1.82, 2.24) is 30.8 Å². The molecule has 2 saturated heterocycles. The third kappa shape index (κ3) is 12.0. The van der Waals surface area contributed by atoms with Gasteiger partial charge in [-0.05, 0) is 62.3 Å². The minimum absolute atomic E-state index is 0.0670. The molecule has 5 atom stereocenters. The van der Waals surface area contributed by atoms with Crippen LogP contribution in [0, 0.1) is 31.0 Å². The number of hydrogen-bond donors (Lipinski definition) is 4. The van der Waals surface area contributed by atoms with Gasteiger partial charge in [-0.15, -0.1) is 0 Å². The number of ketones is 1. The molecule has 0 bridgehead atoms. The first-order valence-electron chi connectivity index (χ1n) is 18.8. The molecule has 3 aromatic rings. The Morgan fingerprint density at radius 1 is 0.947 bits per heavy atom. The second-order valence-corrected chi connectivity index (χ2v) is 16.0. The van der Waals surface area contributed by atoms with E-state index < -0.39 is 49.8 Å². The van der Waals surface area contributed by atoms with Crippen molar-refractivity contribution in [2.75, 3.05) is 6.35 Å². The maximum absolute atomic E-state index is 14.3. The second-order valence-electron chi connectivity index (χ2n) is 14.1. The van der Waals surface area contributed by atoms with E-state index in [-0.39, 0.29) is 49.4 Å². The Labute approximate surface area is 331 Å². The quantitative estimate of drug-likeness (QED) is 0.109. The van der Waals surface area contributed by atoms with E-state index >= 15 is 0 Å². The highest BCUT2D eigenvalue weighted by atomic mass is 31.2. The molecule has 4 amide bonds. The van der Waals surface area contributed by atoms with Gasteiger partial charge in [0.2, 0.25) is 30.0 Å². The Hall–Kier alpha value is -6.05. The first-order valence-corrected chi connectivity index (χ1v) is 20.5. The number of nitrogens with one attached hydrogen (secondary N) is 4. The van der Waals surface area contributed by atoms with Crippen LogP contribution in [-0.4, -0.2) is 74.8 Å². The van der Waals surface area contributed by atoms with E-state index in [2.05, 4.69) is 35.0 Å². The molecule has 0 aliphatic carbocycles. The Kier molecular flexibility index (Phi) is 14.9. The van der Waals surface area contributed by atoms with Crippen molar-refractivity contribution in [2.24, 2.45) is 5.92 Å². The summed E-state index contributed by atoms with van der Waals surface area (Å²) < 4.78 is 27.3. The summed E-state index contributed by atoms with van der Waals surface area (Å²) >= 11 is 0. The number of ether oxygens (including phenoxy) is 1. The summed E-state index contributed by atoms with van der Waals surface area (Å²) in [4.78, 5) is 76.6. The predicted molar refractivity (Wildman–Crippen MR) is 208 cm³/mol. The fourth-order valence-electron chi connectivity index (χ4n) is 7.21. The number of imidazole rings is 1. The van der Waals surface area contributed by atoms with Gasteiger partial charge in [-0.2, -0.15) is 0 Å². The van der Waals surface area contributed by atoms with Gasteiger partial charge in [-0.3, -0.25) is 19.2 Å². The highest BCUT2D eigenvalue weighted by Crippen LogP contribution is 2.47. The average molecular weight is 799 g/mol. The van der Waals surface area contributed by atoms with E-state index in [9.17, 15) is 28.5 Å². The van der Waals surface area contributed by atoms with Crippen LogP contribution in [-0.2, 0) is 57.0 Å². The van der Waals surface area contributed by atoms with Gasteiger partial charge < -0.3 is 44.4 Å². The van der Waals surface area contributed by atoms with Gasteiger partial charge in [0.1, 0.15) is 41.9 Å². The highest BCUT2D eigenvalue weighted by Gasteiger charge is 2.45. The Morgan fingerprint density at radius 2 is 1.67 bits per heavy atom. The number of rotatable bonds is 18. The zero-order chi connectivity index (χ0) is 40.8. The number of H-pyrrole nitrogens is 1. The average Bonchev–Trinajstić information content (AvgIpc) is 3.87. The molecule has 3 heterocycles. The van der Waals surface area contributed by atoms with Crippen LogP contribution >= 0.6 is 7.60 Å². The minimum atomic E-state index is -3.88. The van der Waals surface area contributed by atoms with Gasteiger partial charge >= 0.3 is 7.60 Å². The first kappa shape index (κ1) is 42.1. The van der Waals surface area contributed by atoms with Crippen LogP contribution in [0.1, 0.15) is 68.7 Å². The molecule has 1 unspecified atom stereocenters. The number of fused-ring (bicyclic) bond motifs is 1. The number of aromatic nitrogens is 2.